The van der Waals surface area contributed by atoms with Crippen molar-refractivity contribution in [2.45, 2.75) is 24.7 Å². The third-order valence-corrected chi connectivity index (χ3v) is 7.82. The molecule has 146 valence electrons. The molecule has 1 fully saturated rings. The summed E-state index contributed by atoms with van der Waals surface area (Å²) in [6.45, 7) is 2.66. The van der Waals surface area contributed by atoms with Crippen LogP contribution in [0.5, 0.6) is 0 Å². The Morgan fingerprint density at radius 2 is 1.86 bits per heavy atom. The highest BCUT2D eigenvalue weighted by Gasteiger charge is 2.32. The summed E-state index contributed by atoms with van der Waals surface area (Å²) in [6, 6.07) is 14.1. The Kier molecular flexibility index (Phi) is 5.18. The van der Waals surface area contributed by atoms with Crippen molar-refractivity contribution in [3.05, 3.63) is 53.5 Å². The molecule has 1 N–H and O–H groups in total. The predicted molar refractivity (Wildman–Crippen MR) is 111 cm³/mol. The Bertz CT molecular complexity index is 1100. The lowest BCUT2D eigenvalue weighted by atomic mass is 9.97. The first kappa shape index (κ1) is 19.0. The Labute approximate surface area is 168 Å². The van der Waals surface area contributed by atoms with Gasteiger partial charge in [-0.2, -0.15) is 4.31 Å². The van der Waals surface area contributed by atoms with Gasteiger partial charge in [-0.05, 0) is 50.1 Å². The summed E-state index contributed by atoms with van der Waals surface area (Å²) >= 11 is 1.59. The molecule has 2 aromatic carbocycles. The second kappa shape index (κ2) is 7.62. The standard InChI is InChI=1S/C20H21N3O3S2/c1-14-21-18-8-7-16(13-19(18)27-14)22-20(24)15-9-11-23(12-10-15)28(25,26)17-5-3-2-4-6-17/h2-8,13,15H,9-12H2,1H3,(H,22,24). The van der Waals surface area contributed by atoms with Crippen LogP contribution in [0.25, 0.3) is 10.2 Å². The number of nitrogens with one attached hydrogen (secondary N) is 1. The van der Waals surface area contributed by atoms with Crippen LogP contribution in [-0.4, -0.2) is 36.7 Å². The van der Waals surface area contributed by atoms with E-state index in [2.05, 4.69) is 10.3 Å². The van der Waals surface area contributed by atoms with Gasteiger partial charge in [0.15, 0.2) is 0 Å². The van der Waals surface area contributed by atoms with E-state index in [0.717, 1.165) is 20.9 Å². The number of fused-ring (bicyclic) bond motifs is 1. The van der Waals surface area contributed by atoms with Gasteiger partial charge in [0.1, 0.15) is 0 Å². The lowest BCUT2D eigenvalue weighted by Gasteiger charge is -2.30. The molecule has 2 heterocycles. The maximum absolute atomic E-state index is 12.7. The number of aromatic nitrogens is 1. The molecule has 1 aromatic heterocycles. The normalized spacial score (nSPS) is 16.3. The number of benzene rings is 2. The van der Waals surface area contributed by atoms with Crippen molar-refractivity contribution in [1.82, 2.24) is 9.29 Å². The van der Waals surface area contributed by atoms with Gasteiger partial charge in [-0.1, -0.05) is 18.2 Å². The van der Waals surface area contributed by atoms with Crippen molar-refractivity contribution in [2.24, 2.45) is 5.92 Å². The summed E-state index contributed by atoms with van der Waals surface area (Å²) in [6.07, 6.45) is 1.03. The second-order valence-electron chi connectivity index (χ2n) is 6.90. The summed E-state index contributed by atoms with van der Waals surface area (Å²) in [4.78, 5) is 17.4. The minimum Gasteiger partial charge on any atom is -0.326 e. The van der Waals surface area contributed by atoms with Crippen molar-refractivity contribution >= 4 is 43.2 Å². The van der Waals surface area contributed by atoms with E-state index in [1.807, 2.05) is 25.1 Å². The van der Waals surface area contributed by atoms with Crippen LogP contribution in [0.3, 0.4) is 0 Å². The van der Waals surface area contributed by atoms with Crippen molar-refractivity contribution in [3.63, 3.8) is 0 Å². The molecule has 0 bridgehead atoms. The van der Waals surface area contributed by atoms with E-state index in [4.69, 9.17) is 0 Å². The summed E-state index contributed by atoms with van der Waals surface area (Å²) < 4.78 is 27.9. The third kappa shape index (κ3) is 3.80. The molecule has 1 aliphatic rings. The number of thiazole rings is 1. The van der Waals surface area contributed by atoms with Crippen molar-refractivity contribution in [1.29, 1.82) is 0 Å². The molecule has 3 aromatic rings. The quantitative estimate of drug-likeness (QED) is 0.705. The SMILES string of the molecule is Cc1nc2ccc(NC(=O)C3CCN(S(=O)(=O)c4ccccc4)CC3)cc2s1. The zero-order chi connectivity index (χ0) is 19.7. The minimum absolute atomic E-state index is 0.0580. The number of nitrogens with zero attached hydrogens (tertiary/aromatic N) is 2. The Balaban J connectivity index is 1.39. The van der Waals surface area contributed by atoms with Gasteiger partial charge in [0.05, 0.1) is 20.1 Å². The molecule has 0 aliphatic carbocycles. The molecule has 8 heteroatoms. The van der Waals surface area contributed by atoms with Gasteiger partial charge in [-0.3, -0.25) is 4.79 Å². The van der Waals surface area contributed by atoms with Crippen LogP contribution < -0.4 is 5.32 Å². The van der Waals surface area contributed by atoms with E-state index >= 15 is 0 Å². The fraction of sp³-hybridized carbons (Fsp3) is 0.300. The van der Waals surface area contributed by atoms with Crippen molar-refractivity contribution in [3.8, 4) is 0 Å². The van der Waals surface area contributed by atoms with Gasteiger partial charge < -0.3 is 5.32 Å². The minimum atomic E-state index is -3.50. The summed E-state index contributed by atoms with van der Waals surface area (Å²) in [7, 11) is -3.50. The van der Waals surface area contributed by atoms with Gasteiger partial charge >= 0.3 is 0 Å². The van der Waals surface area contributed by atoms with Crippen LogP contribution in [0.1, 0.15) is 17.8 Å². The van der Waals surface area contributed by atoms with Crippen LogP contribution in [0.2, 0.25) is 0 Å². The van der Waals surface area contributed by atoms with Crippen molar-refractivity contribution < 1.29 is 13.2 Å². The van der Waals surface area contributed by atoms with Crippen LogP contribution in [0, 0.1) is 12.8 Å². The molecule has 28 heavy (non-hydrogen) atoms. The lowest BCUT2D eigenvalue weighted by molar-refractivity contribution is -0.120. The molecule has 0 saturated carbocycles. The fourth-order valence-corrected chi connectivity index (χ4v) is 5.82. The molecule has 6 nitrogen and oxygen atoms in total. The number of rotatable bonds is 4. The monoisotopic (exact) mass is 415 g/mol. The molecular weight excluding hydrogens is 394 g/mol. The third-order valence-electron chi connectivity index (χ3n) is 4.97. The van der Waals surface area contributed by atoms with Crippen LogP contribution in [0.4, 0.5) is 5.69 Å². The smallest absolute Gasteiger partial charge is 0.243 e. The number of anilines is 1. The fourth-order valence-electron chi connectivity index (χ4n) is 3.46. The van der Waals surface area contributed by atoms with Crippen molar-refractivity contribution in [2.75, 3.05) is 18.4 Å². The van der Waals surface area contributed by atoms with E-state index in [1.165, 1.54) is 4.31 Å². The topological polar surface area (TPSA) is 79.4 Å². The number of piperidine rings is 1. The lowest BCUT2D eigenvalue weighted by Crippen LogP contribution is -2.41. The van der Waals surface area contributed by atoms with E-state index in [-0.39, 0.29) is 11.8 Å². The summed E-state index contributed by atoms with van der Waals surface area (Å²) in [5.74, 6) is -0.251. The highest BCUT2D eigenvalue weighted by atomic mass is 32.2. The average Bonchev–Trinajstić information content (AvgIpc) is 3.08. The zero-order valence-corrected chi connectivity index (χ0v) is 17.1. The number of sulfonamides is 1. The van der Waals surface area contributed by atoms with Gasteiger partial charge in [0.2, 0.25) is 15.9 Å². The average molecular weight is 416 g/mol. The Hall–Kier alpha value is -2.29. The predicted octanol–water partition coefficient (Wildman–Crippen LogP) is 3.64. The number of aryl methyl sites for hydroxylation is 1. The Morgan fingerprint density at radius 1 is 1.14 bits per heavy atom. The highest BCUT2D eigenvalue weighted by molar-refractivity contribution is 7.89. The maximum atomic E-state index is 12.7. The molecule has 0 atom stereocenters. The number of hydrogen-bond donors (Lipinski definition) is 1. The summed E-state index contributed by atoms with van der Waals surface area (Å²) in [5.41, 5.74) is 1.68. The van der Waals surface area contributed by atoms with Gasteiger partial charge in [-0.15, -0.1) is 11.3 Å². The summed E-state index contributed by atoms with van der Waals surface area (Å²) in [5, 5.41) is 3.96. The maximum Gasteiger partial charge on any atom is 0.243 e. The first-order valence-electron chi connectivity index (χ1n) is 9.17. The number of amides is 1. The molecule has 0 unspecified atom stereocenters. The van der Waals surface area contributed by atoms with Gasteiger partial charge in [0, 0.05) is 24.7 Å². The molecule has 1 amide bonds. The first-order valence-corrected chi connectivity index (χ1v) is 11.4. The second-order valence-corrected chi connectivity index (χ2v) is 10.1. The molecule has 0 spiro atoms. The van der Waals surface area contributed by atoms with Crippen LogP contribution >= 0.6 is 11.3 Å². The Morgan fingerprint density at radius 3 is 2.57 bits per heavy atom. The number of carbonyl (C=O) groups is 1. The highest BCUT2D eigenvalue weighted by Crippen LogP contribution is 2.27. The molecular formula is C20H21N3O3S2. The van der Waals surface area contributed by atoms with E-state index < -0.39 is 10.0 Å². The largest absolute Gasteiger partial charge is 0.326 e. The van der Waals surface area contributed by atoms with Crippen LogP contribution in [-0.2, 0) is 14.8 Å². The zero-order valence-electron chi connectivity index (χ0n) is 15.5. The van der Waals surface area contributed by atoms with E-state index in [0.29, 0.717) is 30.8 Å². The number of hydrogen-bond acceptors (Lipinski definition) is 5. The first-order chi connectivity index (χ1) is 13.4. The molecule has 1 saturated heterocycles. The van der Waals surface area contributed by atoms with Gasteiger partial charge in [0.25, 0.3) is 0 Å². The van der Waals surface area contributed by atoms with Crippen LogP contribution in [0.15, 0.2) is 53.4 Å². The number of carbonyl (C=O) groups excluding carboxylic acids is 1. The van der Waals surface area contributed by atoms with E-state index in [9.17, 15) is 13.2 Å². The molecule has 1 aliphatic heterocycles. The molecule has 4 rings (SSSR count). The van der Waals surface area contributed by atoms with Gasteiger partial charge in [-0.25, -0.2) is 13.4 Å². The van der Waals surface area contributed by atoms with E-state index in [1.54, 1.807) is 41.7 Å². The molecule has 0 radical (unpaired) electrons.